The number of sulfone groups is 1. The molecule has 3 aromatic rings. The number of likely N-dealkylation sites (tertiary alicyclic amines) is 1. The number of ether oxygens (including phenoxy) is 1. The predicted octanol–water partition coefficient (Wildman–Crippen LogP) is 3.53. The largest absolute Gasteiger partial charge is 0.465 e. The third-order valence-electron chi connectivity index (χ3n) is 6.74. The molecule has 4 rings (SSSR count). The van der Waals surface area contributed by atoms with Gasteiger partial charge in [0.15, 0.2) is 14.7 Å². The van der Waals surface area contributed by atoms with Gasteiger partial charge >= 0.3 is 5.97 Å². The Morgan fingerprint density at radius 3 is 2.00 bits per heavy atom. The first-order valence-corrected chi connectivity index (χ1v) is 12.5. The van der Waals surface area contributed by atoms with Crippen LogP contribution in [0.25, 0.3) is 0 Å². The number of nitrogens with zero attached hydrogens (tertiary/aromatic N) is 1. The summed E-state index contributed by atoms with van der Waals surface area (Å²) < 4.78 is 31.4. The average molecular weight is 466 g/mol. The van der Waals surface area contributed by atoms with Gasteiger partial charge in [-0.3, -0.25) is 4.90 Å². The van der Waals surface area contributed by atoms with E-state index in [4.69, 9.17) is 4.74 Å². The summed E-state index contributed by atoms with van der Waals surface area (Å²) >= 11 is 0. The van der Waals surface area contributed by atoms with E-state index < -0.39 is 32.3 Å². The van der Waals surface area contributed by atoms with Crippen molar-refractivity contribution in [1.82, 2.24) is 4.90 Å². The van der Waals surface area contributed by atoms with Crippen LogP contribution < -0.4 is 0 Å². The van der Waals surface area contributed by atoms with Gasteiger partial charge < -0.3 is 9.84 Å². The summed E-state index contributed by atoms with van der Waals surface area (Å²) in [6, 6.07) is 25.2. The molecule has 1 aliphatic heterocycles. The van der Waals surface area contributed by atoms with E-state index in [9.17, 15) is 18.3 Å². The molecule has 0 aliphatic carbocycles. The van der Waals surface area contributed by atoms with Gasteiger partial charge in [-0.05, 0) is 35.7 Å². The summed E-state index contributed by atoms with van der Waals surface area (Å²) in [5, 5.41) is 11.9. The molecule has 1 aliphatic rings. The summed E-state index contributed by atoms with van der Waals surface area (Å²) in [7, 11) is -2.53. The summed E-state index contributed by atoms with van der Waals surface area (Å²) in [4.78, 5) is 12.2. The highest BCUT2D eigenvalue weighted by Gasteiger charge is 2.69. The second-order valence-electron chi connectivity index (χ2n) is 8.54. The summed E-state index contributed by atoms with van der Waals surface area (Å²) in [5.41, 5.74) is 0.717. The molecule has 1 heterocycles. The van der Waals surface area contributed by atoms with Crippen molar-refractivity contribution in [3.63, 3.8) is 0 Å². The minimum absolute atomic E-state index is 0.0651. The zero-order valence-corrected chi connectivity index (χ0v) is 19.6. The smallest absolute Gasteiger partial charge is 0.337 e. The molecule has 0 radical (unpaired) electrons. The van der Waals surface area contributed by atoms with Crippen molar-refractivity contribution in [1.29, 1.82) is 0 Å². The lowest BCUT2D eigenvalue weighted by Gasteiger charge is -2.63. The third-order valence-corrected chi connectivity index (χ3v) is 8.76. The maximum Gasteiger partial charge on any atom is 0.337 e. The average Bonchev–Trinajstić information content (AvgIpc) is 2.83. The van der Waals surface area contributed by atoms with Crippen molar-refractivity contribution in [2.45, 2.75) is 23.4 Å². The summed E-state index contributed by atoms with van der Waals surface area (Å²) in [5.74, 6) is -0.552. The Labute approximate surface area is 194 Å². The van der Waals surface area contributed by atoms with Crippen LogP contribution in [0.4, 0.5) is 0 Å². The highest BCUT2D eigenvalue weighted by Crippen LogP contribution is 2.55. The number of benzene rings is 3. The monoisotopic (exact) mass is 465 g/mol. The Bertz CT molecular complexity index is 1220. The zero-order valence-electron chi connectivity index (χ0n) is 18.8. The molecule has 7 heteroatoms. The first-order valence-electron chi connectivity index (χ1n) is 10.6. The number of β-amino-alcohol motifs (C(OH)–C–C–N with tert-alkyl or cyclic N) is 1. The SMILES string of the molecule is COC(=O)c1cccc(C2(O)CN(C(c3ccccc3)c3ccccc3)C2(C)S(C)(=O)=O)c1. The fraction of sp³-hybridized carbons (Fsp3) is 0.269. The quantitative estimate of drug-likeness (QED) is 0.561. The molecule has 1 saturated heterocycles. The molecule has 0 aromatic heterocycles. The number of carbonyl (C=O) groups excluding carboxylic acids is 1. The van der Waals surface area contributed by atoms with Crippen molar-refractivity contribution in [3.8, 4) is 0 Å². The van der Waals surface area contributed by atoms with Crippen LogP contribution in [0.2, 0.25) is 0 Å². The topological polar surface area (TPSA) is 83.9 Å². The normalized spacial score (nSPS) is 23.2. The van der Waals surface area contributed by atoms with Gasteiger partial charge in [0, 0.05) is 12.8 Å². The molecule has 2 unspecified atom stereocenters. The Hall–Kier alpha value is -3.00. The number of aliphatic hydroxyl groups is 1. The van der Waals surface area contributed by atoms with E-state index in [2.05, 4.69) is 0 Å². The van der Waals surface area contributed by atoms with Gasteiger partial charge in [-0.15, -0.1) is 0 Å². The maximum atomic E-state index is 13.3. The number of carbonyl (C=O) groups is 1. The third kappa shape index (κ3) is 3.66. The van der Waals surface area contributed by atoms with E-state index >= 15 is 0 Å². The molecule has 0 saturated carbocycles. The highest BCUT2D eigenvalue weighted by molar-refractivity contribution is 7.92. The van der Waals surface area contributed by atoms with Crippen LogP contribution in [-0.2, 0) is 20.2 Å². The van der Waals surface area contributed by atoms with Gasteiger partial charge in [-0.1, -0.05) is 72.8 Å². The lowest BCUT2D eigenvalue weighted by atomic mass is 9.74. The van der Waals surface area contributed by atoms with E-state index in [0.717, 1.165) is 17.4 Å². The molecule has 1 N–H and O–H groups in total. The molecule has 6 nitrogen and oxygen atoms in total. The van der Waals surface area contributed by atoms with Crippen molar-refractivity contribution in [3.05, 3.63) is 107 Å². The van der Waals surface area contributed by atoms with Crippen LogP contribution in [0, 0.1) is 0 Å². The molecule has 1 fully saturated rings. The lowest BCUT2D eigenvalue weighted by molar-refractivity contribution is -0.187. The second kappa shape index (κ2) is 8.41. The molecule has 3 aromatic carbocycles. The van der Waals surface area contributed by atoms with Crippen molar-refractivity contribution < 1.29 is 23.1 Å². The Balaban J connectivity index is 1.87. The van der Waals surface area contributed by atoms with Gasteiger partial charge in [-0.25, -0.2) is 13.2 Å². The van der Waals surface area contributed by atoms with Gasteiger partial charge in [0.2, 0.25) is 0 Å². The van der Waals surface area contributed by atoms with Crippen LogP contribution in [-0.4, -0.2) is 49.2 Å². The second-order valence-corrected chi connectivity index (χ2v) is 10.9. The Kier molecular flexibility index (Phi) is 5.90. The summed E-state index contributed by atoms with van der Waals surface area (Å²) in [6.07, 6.45) is 1.14. The molecule has 33 heavy (non-hydrogen) atoms. The fourth-order valence-electron chi connectivity index (χ4n) is 4.75. The number of hydrogen-bond acceptors (Lipinski definition) is 6. The van der Waals surface area contributed by atoms with Crippen LogP contribution in [0.15, 0.2) is 84.9 Å². The number of hydrogen-bond donors (Lipinski definition) is 1. The first kappa shape index (κ1) is 23.2. The first-order chi connectivity index (χ1) is 15.6. The minimum Gasteiger partial charge on any atom is -0.465 e. The Morgan fingerprint density at radius 1 is 0.970 bits per heavy atom. The van der Waals surface area contributed by atoms with Gasteiger partial charge in [0.05, 0.1) is 18.7 Å². The van der Waals surface area contributed by atoms with Crippen molar-refractivity contribution in [2.75, 3.05) is 19.9 Å². The zero-order chi connectivity index (χ0) is 23.9. The predicted molar refractivity (Wildman–Crippen MR) is 126 cm³/mol. The van der Waals surface area contributed by atoms with E-state index in [1.807, 2.05) is 65.6 Å². The van der Waals surface area contributed by atoms with Crippen molar-refractivity contribution >= 4 is 15.8 Å². The van der Waals surface area contributed by atoms with Crippen LogP contribution in [0.3, 0.4) is 0 Å². The molecular formula is C26H27NO5S. The van der Waals surface area contributed by atoms with E-state index in [-0.39, 0.29) is 12.1 Å². The van der Waals surface area contributed by atoms with Crippen LogP contribution >= 0.6 is 0 Å². The van der Waals surface area contributed by atoms with E-state index in [1.165, 1.54) is 13.2 Å². The highest BCUT2D eigenvalue weighted by atomic mass is 32.2. The number of rotatable bonds is 6. The standard InChI is InChI=1S/C26H27NO5S/c1-25(33(3,30)31)26(29,22-16-10-15-21(17-22)24(28)32-2)18-27(25)23(19-11-6-4-7-12-19)20-13-8-5-9-14-20/h4-17,23,29H,18H2,1-3H3. The van der Waals surface area contributed by atoms with Crippen molar-refractivity contribution in [2.24, 2.45) is 0 Å². The summed E-state index contributed by atoms with van der Waals surface area (Å²) in [6.45, 7) is 1.62. The molecule has 172 valence electrons. The minimum atomic E-state index is -3.81. The lowest BCUT2D eigenvalue weighted by Crippen LogP contribution is -2.78. The molecule has 0 amide bonds. The van der Waals surface area contributed by atoms with Crippen LogP contribution in [0.1, 0.15) is 40.0 Å². The van der Waals surface area contributed by atoms with Gasteiger partial charge in [0.25, 0.3) is 0 Å². The fourth-order valence-corrected chi connectivity index (χ4v) is 6.14. The number of esters is 1. The Morgan fingerprint density at radius 2 is 1.52 bits per heavy atom. The van der Waals surface area contributed by atoms with Gasteiger partial charge in [0.1, 0.15) is 5.60 Å². The van der Waals surface area contributed by atoms with E-state index in [0.29, 0.717) is 5.56 Å². The molecule has 0 spiro atoms. The molecule has 2 atom stereocenters. The van der Waals surface area contributed by atoms with Crippen LogP contribution in [0.5, 0.6) is 0 Å². The van der Waals surface area contributed by atoms with Gasteiger partial charge in [-0.2, -0.15) is 0 Å². The maximum absolute atomic E-state index is 13.3. The number of methoxy groups -OCH3 is 1. The molecular weight excluding hydrogens is 438 g/mol. The molecule has 0 bridgehead atoms. The van der Waals surface area contributed by atoms with E-state index in [1.54, 1.807) is 25.1 Å².